The minimum Gasteiger partial charge on any atom is -0.323 e. The van der Waals surface area contributed by atoms with Gasteiger partial charge in [-0.1, -0.05) is 6.07 Å². The molecule has 1 aromatic carbocycles. The van der Waals surface area contributed by atoms with Gasteiger partial charge in [0.1, 0.15) is 5.82 Å². The quantitative estimate of drug-likeness (QED) is 0.448. The first-order valence-corrected chi connectivity index (χ1v) is 10.1. The van der Waals surface area contributed by atoms with Crippen molar-refractivity contribution in [3.63, 3.8) is 0 Å². The number of nitrogens with two attached hydrogens (primary N) is 1. The highest BCUT2D eigenvalue weighted by Crippen LogP contribution is 2.21. The van der Waals surface area contributed by atoms with Gasteiger partial charge in [-0.3, -0.25) is 24.3 Å². The third-order valence-corrected chi connectivity index (χ3v) is 5.61. The van der Waals surface area contributed by atoms with Crippen LogP contribution in [0.1, 0.15) is 16.1 Å². The van der Waals surface area contributed by atoms with Crippen LogP contribution in [0.3, 0.4) is 0 Å². The molecule has 0 unspecified atom stereocenters. The van der Waals surface area contributed by atoms with E-state index in [-0.39, 0.29) is 18.1 Å². The monoisotopic (exact) mass is 405 g/mol. The van der Waals surface area contributed by atoms with E-state index in [4.69, 9.17) is 5.84 Å². The van der Waals surface area contributed by atoms with Crippen LogP contribution >= 0.6 is 0 Å². The number of pyridine rings is 1. The van der Waals surface area contributed by atoms with E-state index >= 15 is 0 Å². The van der Waals surface area contributed by atoms with Gasteiger partial charge in [0.2, 0.25) is 0 Å². The summed E-state index contributed by atoms with van der Waals surface area (Å²) >= 11 is 0. The molecule has 2 aromatic rings. The average molecular weight is 405 g/mol. The Hall–Kier alpha value is -2.85. The van der Waals surface area contributed by atoms with Crippen molar-refractivity contribution < 1.29 is 18.2 Å². The lowest BCUT2D eigenvalue weighted by Crippen LogP contribution is -2.48. The summed E-state index contributed by atoms with van der Waals surface area (Å²) in [7, 11) is -0.918. The number of rotatable bonds is 4. The Bertz CT molecular complexity index is 883. The van der Waals surface area contributed by atoms with Crippen molar-refractivity contribution in [1.29, 1.82) is 0 Å². The number of hydrogen-bond donors (Lipinski definition) is 2. The Morgan fingerprint density at radius 2 is 2.00 bits per heavy atom. The van der Waals surface area contributed by atoms with Crippen molar-refractivity contribution in [3.8, 4) is 0 Å². The Kier molecular flexibility index (Phi) is 6.32. The number of amides is 3. The second-order valence-electron chi connectivity index (χ2n) is 6.20. The molecule has 148 valence electrons. The number of nitrogens with zero attached hydrogens (tertiary/aromatic N) is 3. The zero-order valence-corrected chi connectivity index (χ0v) is 15.8. The highest BCUT2D eigenvalue weighted by Gasteiger charge is 2.26. The smallest absolute Gasteiger partial charge is 0.323 e. The van der Waals surface area contributed by atoms with Gasteiger partial charge >= 0.3 is 6.03 Å². The highest BCUT2D eigenvalue weighted by molar-refractivity contribution is 7.85. The minimum atomic E-state index is -0.918. The predicted octanol–water partition coefficient (Wildman–Crippen LogP) is 1.02. The molecule has 10 heteroatoms. The zero-order valence-electron chi connectivity index (χ0n) is 15.0. The van der Waals surface area contributed by atoms with Gasteiger partial charge in [-0.2, -0.15) is 0 Å². The summed E-state index contributed by atoms with van der Waals surface area (Å²) in [5.74, 6) is 5.01. The Balaban J connectivity index is 1.85. The van der Waals surface area contributed by atoms with Crippen LogP contribution in [0.5, 0.6) is 0 Å². The van der Waals surface area contributed by atoms with Crippen molar-refractivity contribution in [2.24, 2.45) is 5.84 Å². The van der Waals surface area contributed by atoms with Gasteiger partial charge in [0.25, 0.3) is 5.91 Å². The molecular formula is C18H20FN5O3S. The third kappa shape index (κ3) is 4.70. The number of hydrazine groups is 1. The molecule has 1 aliphatic rings. The van der Waals surface area contributed by atoms with Crippen LogP contribution in [0.25, 0.3) is 0 Å². The number of hydrogen-bond acceptors (Lipinski definition) is 5. The molecule has 3 rings (SSSR count). The van der Waals surface area contributed by atoms with Gasteiger partial charge in [0, 0.05) is 47.3 Å². The molecule has 3 amide bonds. The maximum atomic E-state index is 13.7. The molecule has 1 aromatic heterocycles. The van der Waals surface area contributed by atoms with Gasteiger partial charge in [-0.05, 0) is 30.3 Å². The van der Waals surface area contributed by atoms with E-state index in [1.807, 2.05) is 5.43 Å². The fourth-order valence-corrected chi connectivity index (χ4v) is 3.86. The van der Waals surface area contributed by atoms with Crippen LogP contribution in [-0.2, 0) is 17.3 Å². The van der Waals surface area contributed by atoms with Gasteiger partial charge in [-0.25, -0.2) is 15.0 Å². The van der Waals surface area contributed by atoms with Crippen LogP contribution in [0.2, 0.25) is 0 Å². The van der Waals surface area contributed by atoms with E-state index in [0.29, 0.717) is 36.0 Å². The van der Waals surface area contributed by atoms with E-state index < -0.39 is 22.5 Å². The van der Waals surface area contributed by atoms with Gasteiger partial charge in [-0.15, -0.1) is 0 Å². The lowest BCUT2D eigenvalue weighted by atomic mass is 10.2. The summed E-state index contributed by atoms with van der Waals surface area (Å²) in [6.45, 7) is 0.840. The molecule has 3 N–H and O–H groups in total. The standard InChI is InChI=1S/C18H20FN5O3S/c19-14-2-1-3-16(10-14)24(18(26)23-6-8-28(27)9-7-23)12-15-5-4-13(11-21-15)17(25)22-20/h1-5,10-11H,6-9,12,20H2,(H,22,25). The number of carbonyl (C=O) groups is 2. The number of halogens is 1. The Morgan fingerprint density at radius 1 is 1.25 bits per heavy atom. The van der Waals surface area contributed by atoms with E-state index in [2.05, 4.69) is 4.98 Å². The van der Waals surface area contributed by atoms with Crippen molar-refractivity contribution in [1.82, 2.24) is 15.3 Å². The molecule has 0 atom stereocenters. The molecule has 8 nitrogen and oxygen atoms in total. The lowest BCUT2D eigenvalue weighted by Gasteiger charge is -2.32. The molecule has 0 saturated carbocycles. The summed E-state index contributed by atoms with van der Waals surface area (Å²) in [5, 5.41) is 0. The molecule has 0 aliphatic carbocycles. The van der Waals surface area contributed by atoms with E-state index in [0.717, 1.165) is 0 Å². The third-order valence-electron chi connectivity index (χ3n) is 4.34. The lowest BCUT2D eigenvalue weighted by molar-refractivity contribution is 0.0953. The molecule has 1 aliphatic heterocycles. The SMILES string of the molecule is NNC(=O)c1ccc(CN(C(=O)N2CCS(=O)CC2)c2cccc(F)c2)nc1. The number of aromatic nitrogens is 1. The Morgan fingerprint density at radius 3 is 2.61 bits per heavy atom. The molecule has 0 radical (unpaired) electrons. The maximum absolute atomic E-state index is 13.7. The first-order chi connectivity index (χ1) is 13.5. The van der Waals surface area contributed by atoms with E-state index in [9.17, 15) is 18.2 Å². The number of nitrogen functional groups attached to an aromatic ring is 1. The summed E-state index contributed by atoms with van der Waals surface area (Å²) in [6.07, 6.45) is 1.36. The van der Waals surface area contributed by atoms with Crippen molar-refractivity contribution in [2.75, 3.05) is 29.5 Å². The first-order valence-electron chi connectivity index (χ1n) is 8.61. The molecule has 1 fully saturated rings. The fourth-order valence-electron chi connectivity index (χ4n) is 2.81. The second kappa shape index (κ2) is 8.89. The number of nitrogens with one attached hydrogen (secondary N) is 1. The molecule has 2 heterocycles. The topological polar surface area (TPSA) is 109 Å². The van der Waals surface area contributed by atoms with E-state index in [1.54, 1.807) is 23.1 Å². The number of carbonyl (C=O) groups excluding carboxylic acids is 2. The van der Waals surface area contributed by atoms with Crippen molar-refractivity contribution in [2.45, 2.75) is 6.54 Å². The van der Waals surface area contributed by atoms with Crippen LogP contribution in [0.4, 0.5) is 14.9 Å². The summed E-state index contributed by atoms with van der Waals surface area (Å²) in [6, 6.07) is 8.58. The molecule has 1 saturated heterocycles. The first kappa shape index (κ1) is 19.9. The fraction of sp³-hybridized carbons (Fsp3) is 0.278. The minimum absolute atomic E-state index is 0.0897. The summed E-state index contributed by atoms with van der Waals surface area (Å²) in [5.41, 5.74) is 3.22. The average Bonchev–Trinajstić information content (AvgIpc) is 2.72. The number of anilines is 1. The van der Waals surface area contributed by atoms with Crippen molar-refractivity contribution in [3.05, 3.63) is 59.7 Å². The van der Waals surface area contributed by atoms with E-state index in [1.165, 1.54) is 29.3 Å². The largest absolute Gasteiger partial charge is 0.324 e. The predicted molar refractivity (Wildman–Crippen MR) is 103 cm³/mol. The van der Waals surface area contributed by atoms with Gasteiger partial charge < -0.3 is 4.90 Å². The number of benzene rings is 1. The van der Waals surface area contributed by atoms with Crippen LogP contribution in [-0.4, -0.2) is 50.6 Å². The second-order valence-corrected chi connectivity index (χ2v) is 7.89. The summed E-state index contributed by atoms with van der Waals surface area (Å²) in [4.78, 5) is 31.8. The zero-order chi connectivity index (χ0) is 20.1. The van der Waals surface area contributed by atoms with Gasteiger partial charge in [0.15, 0.2) is 0 Å². The van der Waals surface area contributed by atoms with Crippen LogP contribution in [0, 0.1) is 5.82 Å². The Labute approximate surface area is 163 Å². The molecular weight excluding hydrogens is 385 g/mol. The van der Waals surface area contributed by atoms with Crippen LogP contribution in [0.15, 0.2) is 42.6 Å². The molecule has 28 heavy (non-hydrogen) atoms. The molecule has 0 bridgehead atoms. The van der Waals surface area contributed by atoms with Crippen molar-refractivity contribution >= 4 is 28.4 Å². The maximum Gasteiger partial charge on any atom is 0.324 e. The normalized spacial score (nSPS) is 14.6. The number of urea groups is 1. The highest BCUT2D eigenvalue weighted by atomic mass is 32.2. The van der Waals surface area contributed by atoms with Gasteiger partial charge in [0.05, 0.1) is 17.8 Å². The summed E-state index contributed by atoms with van der Waals surface area (Å²) < 4.78 is 25.3. The molecule has 0 spiro atoms. The van der Waals surface area contributed by atoms with Crippen LogP contribution < -0.4 is 16.2 Å².